The quantitative estimate of drug-likeness (QED) is 0.609. The molecule has 0 saturated carbocycles. The molecule has 21 heavy (non-hydrogen) atoms. The van der Waals surface area contributed by atoms with Gasteiger partial charge in [-0.25, -0.2) is 4.79 Å². The number of hydrogen-bond donors (Lipinski definition) is 0. The minimum absolute atomic E-state index is 0.248. The predicted octanol–water partition coefficient (Wildman–Crippen LogP) is 5.32. The zero-order valence-corrected chi connectivity index (χ0v) is 13.2. The van der Waals surface area contributed by atoms with E-state index in [1.807, 2.05) is 42.6 Å². The van der Waals surface area contributed by atoms with Crippen LogP contribution in [0.1, 0.15) is 16.6 Å². The Morgan fingerprint density at radius 2 is 1.95 bits per heavy atom. The van der Waals surface area contributed by atoms with Crippen molar-refractivity contribution in [3.8, 4) is 20.9 Å². The average molecular weight is 314 g/mol. The minimum atomic E-state index is -0.248. The molecule has 4 heteroatoms. The molecule has 106 valence electrons. The third-order valence-electron chi connectivity index (χ3n) is 3.04. The highest BCUT2D eigenvalue weighted by Crippen LogP contribution is 2.41. The highest BCUT2D eigenvalue weighted by atomic mass is 32.1. The van der Waals surface area contributed by atoms with Gasteiger partial charge < -0.3 is 4.74 Å². The summed E-state index contributed by atoms with van der Waals surface area (Å²) in [5.41, 5.74) is 2.21. The van der Waals surface area contributed by atoms with Crippen molar-refractivity contribution < 1.29 is 9.53 Å². The van der Waals surface area contributed by atoms with Gasteiger partial charge in [0.2, 0.25) is 0 Å². The van der Waals surface area contributed by atoms with Gasteiger partial charge in [-0.2, -0.15) is 0 Å². The lowest BCUT2D eigenvalue weighted by molar-refractivity contribution is 0.0532. The van der Waals surface area contributed by atoms with Gasteiger partial charge in [-0.1, -0.05) is 36.4 Å². The van der Waals surface area contributed by atoms with E-state index in [9.17, 15) is 4.79 Å². The maximum Gasteiger partial charge on any atom is 0.348 e. The summed E-state index contributed by atoms with van der Waals surface area (Å²) >= 11 is 3.18. The standard InChI is InChI=1S/C17H14O2S2/c1-2-19-17(18)15-11-13(12-7-4-3-5-8-12)16(21-15)14-9-6-10-20-14/h3-11H,2H2,1H3. The van der Waals surface area contributed by atoms with Gasteiger partial charge >= 0.3 is 5.97 Å². The van der Waals surface area contributed by atoms with Crippen molar-refractivity contribution in [1.82, 2.24) is 0 Å². The molecule has 0 fully saturated rings. The zero-order valence-electron chi connectivity index (χ0n) is 11.5. The van der Waals surface area contributed by atoms with E-state index < -0.39 is 0 Å². The van der Waals surface area contributed by atoms with Gasteiger partial charge in [-0.05, 0) is 30.0 Å². The number of ether oxygens (including phenoxy) is 1. The second-order valence-electron chi connectivity index (χ2n) is 4.42. The zero-order chi connectivity index (χ0) is 14.7. The van der Waals surface area contributed by atoms with E-state index in [1.165, 1.54) is 16.2 Å². The Kier molecular flexibility index (Phi) is 4.18. The summed E-state index contributed by atoms with van der Waals surface area (Å²) in [6, 6.07) is 16.2. The molecule has 1 aromatic carbocycles. The third-order valence-corrected chi connectivity index (χ3v) is 5.20. The molecule has 0 unspecified atom stereocenters. The van der Waals surface area contributed by atoms with E-state index in [0.29, 0.717) is 11.5 Å². The molecule has 0 saturated heterocycles. The van der Waals surface area contributed by atoms with E-state index >= 15 is 0 Å². The average Bonchev–Trinajstić information content (AvgIpc) is 3.17. The van der Waals surface area contributed by atoms with E-state index in [1.54, 1.807) is 11.3 Å². The van der Waals surface area contributed by atoms with Crippen molar-refractivity contribution >= 4 is 28.6 Å². The first-order valence-corrected chi connectivity index (χ1v) is 8.39. The van der Waals surface area contributed by atoms with Gasteiger partial charge in [-0.15, -0.1) is 22.7 Å². The fourth-order valence-electron chi connectivity index (χ4n) is 2.12. The van der Waals surface area contributed by atoms with E-state index in [-0.39, 0.29) is 5.97 Å². The number of esters is 1. The van der Waals surface area contributed by atoms with E-state index in [0.717, 1.165) is 16.0 Å². The maximum atomic E-state index is 12.0. The predicted molar refractivity (Wildman–Crippen MR) is 89.0 cm³/mol. The number of benzene rings is 1. The third kappa shape index (κ3) is 2.91. The molecule has 0 aliphatic heterocycles. The molecule has 0 aliphatic carbocycles. The fraction of sp³-hybridized carbons (Fsp3) is 0.118. The molecule has 0 N–H and O–H groups in total. The van der Waals surface area contributed by atoms with Gasteiger partial charge in [-0.3, -0.25) is 0 Å². The first-order chi connectivity index (χ1) is 10.3. The minimum Gasteiger partial charge on any atom is -0.462 e. The SMILES string of the molecule is CCOC(=O)c1cc(-c2ccccc2)c(-c2cccs2)s1. The Hall–Kier alpha value is -1.91. The first-order valence-electron chi connectivity index (χ1n) is 6.70. The van der Waals surface area contributed by atoms with Crippen LogP contribution in [0.4, 0.5) is 0 Å². The number of carbonyl (C=O) groups excluding carboxylic acids is 1. The molecule has 0 radical (unpaired) electrons. The van der Waals surface area contributed by atoms with Gasteiger partial charge in [0.1, 0.15) is 4.88 Å². The Balaban J connectivity index is 2.11. The molecule has 0 amide bonds. The number of rotatable bonds is 4. The summed E-state index contributed by atoms with van der Waals surface area (Å²) in [5, 5.41) is 2.05. The Morgan fingerprint density at radius 3 is 2.62 bits per heavy atom. The number of thiophene rings is 2. The summed E-state index contributed by atoms with van der Waals surface area (Å²) < 4.78 is 5.12. The van der Waals surface area contributed by atoms with Crippen LogP contribution < -0.4 is 0 Å². The second-order valence-corrected chi connectivity index (χ2v) is 6.42. The van der Waals surface area contributed by atoms with Crippen molar-refractivity contribution in [2.75, 3.05) is 6.61 Å². The number of hydrogen-bond acceptors (Lipinski definition) is 4. The lowest BCUT2D eigenvalue weighted by Gasteiger charge is -2.01. The Labute approximate surface area is 131 Å². The summed E-state index contributed by atoms with van der Waals surface area (Å²) in [6.07, 6.45) is 0. The van der Waals surface area contributed by atoms with Crippen LogP contribution in [0.25, 0.3) is 20.9 Å². The lowest BCUT2D eigenvalue weighted by atomic mass is 10.1. The van der Waals surface area contributed by atoms with Crippen LogP contribution in [-0.2, 0) is 4.74 Å². The summed E-state index contributed by atoms with van der Waals surface area (Å²) in [5.74, 6) is -0.248. The maximum absolute atomic E-state index is 12.0. The topological polar surface area (TPSA) is 26.3 Å². The molecular formula is C17H14O2S2. The van der Waals surface area contributed by atoms with Crippen LogP contribution in [0.3, 0.4) is 0 Å². The van der Waals surface area contributed by atoms with Crippen LogP contribution in [0, 0.1) is 0 Å². The fourth-order valence-corrected chi connectivity index (χ4v) is 4.06. The first kappa shape index (κ1) is 14.0. The summed E-state index contributed by atoms with van der Waals surface area (Å²) in [4.78, 5) is 15.0. The van der Waals surface area contributed by atoms with Crippen LogP contribution >= 0.6 is 22.7 Å². The second kappa shape index (κ2) is 6.24. The smallest absolute Gasteiger partial charge is 0.348 e. The van der Waals surface area contributed by atoms with Crippen molar-refractivity contribution in [3.05, 3.63) is 58.8 Å². The molecule has 0 bridgehead atoms. The van der Waals surface area contributed by atoms with Crippen molar-refractivity contribution in [3.63, 3.8) is 0 Å². The Bertz CT molecular complexity index is 728. The largest absolute Gasteiger partial charge is 0.462 e. The molecule has 2 nitrogen and oxygen atoms in total. The molecule has 0 atom stereocenters. The molecule has 2 aromatic heterocycles. The van der Waals surface area contributed by atoms with Gasteiger partial charge in [0.05, 0.1) is 11.5 Å². The molecule has 0 aliphatic rings. The summed E-state index contributed by atoms with van der Waals surface area (Å²) in [7, 11) is 0. The normalized spacial score (nSPS) is 10.5. The lowest BCUT2D eigenvalue weighted by Crippen LogP contribution is -2.01. The van der Waals surface area contributed by atoms with Gasteiger partial charge in [0.15, 0.2) is 0 Å². The van der Waals surface area contributed by atoms with Crippen LogP contribution in [0.15, 0.2) is 53.9 Å². The van der Waals surface area contributed by atoms with Crippen LogP contribution in [-0.4, -0.2) is 12.6 Å². The van der Waals surface area contributed by atoms with Crippen molar-refractivity contribution in [2.45, 2.75) is 6.92 Å². The van der Waals surface area contributed by atoms with Crippen LogP contribution in [0.5, 0.6) is 0 Å². The van der Waals surface area contributed by atoms with E-state index in [2.05, 4.69) is 18.2 Å². The van der Waals surface area contributed by atoms with Crippen molar-refractivity contribution in [2.24, 2.45) is 0 Å². The molecule has 2 heterocycles. The molecule has 3 aromatic rings. The monoisotopic (exact) mass is 314 g/mol. The summed E-state index contributed by atoms with van der Waals surface area (Å²) in [6.45, 7) is 2.22. The Morgan fingerprint density at radius 1 is 1.14 bits per heavy atom. The number of carbonyl (C=O) groups is 1. The van der Waals surface area contributed by atoms with E-state index in [4.69, 9.17) is 4.74 Å². The highest BCUT2D eigenvalue weighted by Gasteiger charge is 2.18. The van der Waals surface area contributed by atoms with Crippen molar-refractivity contribution in [1.29, 1.82) is 0 Å². The molecule has 0 spiro atoms. The van der Waals surface area contributed by atoms with Crippen LogP contribution in [0.2, 0.25) is 0 Å². The molecular weight excluding hydrogens is 300 g/mol. The highest BCUT2D eigenvalue weighted by molar-refractivity contribution is 7.22. The molecule has 3 rings (SSSR count). The van der Waals surface area contributed by atoms with Gasteiger partial charge in [0, 0.05) is 10.4 Å². The van der Waals surface area contributed by atoms with Gasteiger partial charge in [0.25, 0.3) is 0 Å².